The number of rotatable bonds is 4. The second-order valence-electron chi connectivity index (χ2n) is 7.76. The van der Waals surface area contributed by atoms with Crippen LogP contribution in [0.1, 0.15) is 38.2 Å². The van der Waals surface area contributed by atoms with Crippen LogP contribution in [0.15, 0.2) is 36.8 Å². The highest BCUT2D eigenvalue weighted by Crippen LogP contribution is 2.40. The number of nitrogens with zero attached hydrogens (tertiary/aromatic N) is 4. The van der Waals surface area contributed by atoms with Crippen molar-refractivity contribution < 1.29 is 9.53 Å². The van der Waals surface area contributed by atoms with Gasteiger partial charge in [0.15, 0.2) is 6.10 Å². The van der Waals surface area contributed by atoms with E-state index >= 15 is 0 Å². The summed E-state index contributed by atoms with van der Waals surface area (Å²) in [5, 5.41) is 2.98. The zero-order valence-corrected chi connectivity index (χ0v) is 16.0. The predicted octanol–water partition coefficient (Wildman–Crippen LogP) is 1.69. The van der Waals surface area contributed by atoms with Gasteiger partial charge in [0.1, 0.15) is 11.4 Å². The first-order valence-corrected chi connectivity index (χ1v) is 9.68. The highest BCUT2D eigenvalue weighted by Gasteiger charge is 2.47. The van der Waals surface area contributed by atoms with Crippen LogP contribution < -0.4 is 5.32 Å². The van der Waals surface area contributed by atoms with E-state index in [9.17, 15) is 4.79 Å². The number of fused-ring (bicyclic) bond motifs is 2. The number of aromatic nitrogens is 3. The van der Waals surface area contributed by atoms with E-state index in [1.807, 2.05) is 44.6 Å². The van der Waals surface area contributed by atoms with Gasteiger partial charge in [-0.15, -0.1) is 0 Å². The van der Waals surface area contributed by atoms with Crippen molar-refractivity contribution in [2.75, 3.05) is 13.1 Å². The first-order valence-electron chi connectivity index (χ1n) is 9.68. The minimum absolute atomic E-state index is 0.0420. The van der Waals surface area contributed by atoms with Crippen LogP contribution >= 0.6 is 0 Å². The normalized spacial score (nSPS) is 22.0. The van der Waals surface area contributed by atoms with Crippen molar-refractivity contribution in [3.05, 3.63) is 48.3 Å². The van der Waals surface area contributed by atoms with Crippen LogP contribution in [-0.4, -0.2) is 50.6 Å². The Morgan fingerprint density at radius 1 is 1.30 bits per heavy atom. The lowest BCUT2D eigenvalue weighted by Crippen LogP contribution is -2.54. The summed E-state index contributed by atoms with van der Waals surface area (Å²) in [6.07, 6.45) is 6.76. The molecule has 0 unspecified atom stereocenters. The Morgan fingerprint density at radius 3 is 2.81 bits per heavy atom. The van der Waals surface area contributed by atoms with Crippen molar-refractivity contribution in [2.45, 2.75) is 57.5 Å². The lowest BCUT2D eigenvalue weighted by atomic mass is 9.88. The molecule has 0 aliphatic carbocycles. The van der Waals surface area contributed by atoms with Gasteiger partial charge in [-0.05, 0) is 38.8 Å². The molecule has 2 aromatic heterocycles. The monoisotopic (exact) mass is 369 g/mol. The van der Waals surface area contributed by atoms with Gasteiger partial charge in [-0.1, -0.05) is 6.07 Å². The maximum Gasteiger partial charge on any atom is 0.251 e. The number of carbonyl (C=O) groups is 1. The van der Waals surface area contributed by atoms with Gasteiger partial charge in [-0.25, -0.2) is 4.98 Å². The molecule has 144 valence electrons. The van der Waals surface area contributed by atoms with Gasteiger partial charge >= 0.3 is 0 Å². The molecule has 1 N–H and O–H groups in total. The largest absolute Gasteiger partial charge is 0.352 e. The number of amides is 1. The van der Waals surface area contributed by atoms with Crippen LogP contribution in [0.4, 0.5) is 0 Å². The van der Waals surface area contributed by atoms with Crippen molar-refractivity contribution in [2.24, 2.45) is 0 Å². The molecule has 2 aliphatic heterocycles. The summed E-state index contributed by atoms with van der Waals surface area (Å²) < 4.78 is 8.51. The highest BCUT2D eigenvalue weighted by molar-refractivity contribution is 5.81. The zero-order chi connectivity index (χ0) is 18.9. The fourth-order valence-corrected chi connectivity index (χ4v) is 4.05. The van der Waals surface area contributed by atoms with Crippen molar-refractivity contribution in [3.8, 4) is 0 Å². The number of nitrogens with one attached hydrogen (secondary N) is 1. The number of hydrogen-bond donors (Lipinski definition) is 1. The zero-order valence-electron chi connectivity index (χ0n) is 16.0. The van der Waals surface area contributed by atoms with Gasteiger partial charge in [-0.3, -0.25) is 14.7 Å². The summed E-state index contributed by atoms with van der Waals surface area (Å²) in [7, 11) is 0. The molecule has 2 aromatic rings. The number of piperidine rings is 1. The Morgan fingerprint density at radius 2 is 2.11 bits per heavy atom. The fraction of sp³-hybridized carbons (Fsp3) is 0.550. The topological polar surface area (TPSA) is 72.3 Å². The third-order valence-electron chi connectivity index (χ3n) is 5.35. The van der Waals surface area contributed by atoms with Crippen LogP contribution in [0.3, 0.4) is 0 Å². The van der Waals surface area contributed by atoms with E-state index in [2.05, 4.69) is 30.8 Å². The molecule has 27 heavy (non-hydrogen) atoms. The average molecular weight is 369 g/mol. The SMILES string of the molecule is CC(C)NC(=O)[C@H]1Cn2ccnc2C2(CCN(Cc3ccccn3)CC2)O1. The molecule has 1 fully saturated rings. The second-order valence-corrected chi connectivity index (χ2v) is 7.76. The molecule has 1 spiro atoms. The summed E-state index contributed by atoms with van der Waals surface area (Å²) in [4.78, 5) is 24.0. The van der Waals surface area contributed by atoms with Gasteiger partial charge < -0.3 is 14.6 Å². The molecule has 1 atom stereocenters. The third kappa shape index (κ3) is 3.75. The predicted molar refractivity (Wildman–Crippen MR) is 101 cm³/mol. The number of carbonyl (C=O) groups excluding carboxylic acids is 1. The van der Waals surface area contributed by atoms with Gasteiger partial charge in [0.25, 0.3) is 5.91 Å². The molecule has 0 radical (unpaired) electrons. The molecule has 0 bridgehead atoms. The summed E-state index contributed by atoms with van der Waals surface area (Å²) in [6.45, 7) is 7.07. The molecule has 0 saturated carbocycles. The molecule has 0 aromatic carbocycles. The minimum Gasteiger partial charge on any atom is -0.352 e. The molecule has 4 heterocycles. The maximum atomic E-state index is 12.6. The molecule has 7 nitrogen and oxygen atoms in total. The first kappa shape index (κ1) is 18.1. The van der Waals surface area contributed by atoms with Crippen molar-refractivity contribution >= 4 is 5.91 Å². The van der Waals surface area contributed by atoms with Gasteiger partial charge in [0.05, 0.1) is 12.2 Å². The average Bonchev–Trinajstić information content (AvgIpc) is 3.14. The van der Waals surface area contributed by atoms with E-state index in [1.165, 1.54) is 0 Å². The molecule has 1 amide bonds. The standard InChI is InChI=1S/C20H27N5O2/c1-15(2)23-18(26)17-14-25-12-9-22-19(25)20(27-17)6-10-24(11-7-20)13-16-5-3-4-8-21-16/h3-5,8-9,12,15,17H,6-7,10-11,13-14H2,1-2H3,(H,23,26)/t17-/m1/s1. The van der Waals surface area contributed by atoms with E-state index in [0.717, 1.165) is 44.0 Å². The van der Waals surface area contributed by atoms with E-state index < -0.39 is 11.7 Å². The van der Waals surface area contributed by atoms with E-state index in [-0.39, 0.29) is 11.9 Å². The quantitative estimate of drug-likeness (QED) is 0.888. The summed E-state index contributed by atoms with van der Waals surface area (Å²) >= 11 is 0. The van der Waals surface area contributed by atoms with Crippen LogP contribution in [0, 0.1) is 0 Å². The second kappa shape index (κ2) is 7.40. The molecule has 4 rings (SSSR count). The van der Waals surface area contributed by atoms with E-state index in [0.29, 0.717) is 6.54 Å². The Labute approximate surface area is 159 Å². The third-order valence-corrected chi connectivity index (χ3v) is 5.35. The van der Waals surface area contributed by atoms with Gasteiger partial charge in [0.2, 0.25) is 0 Å². The van der Waals surface area contributed by atoms with Crippen molar-refractivity contribution in [1.29, 1.82) is 0 Å². The lowest BCUT2D eigenvalue weighted by molar-refractivity contribution is -0.174. The Bertz CT molecular complexity index is 781. The van der Waals surface area contributed by atoms with Gasteiger partial charge in [-0.2, -0.15) is 0 Å². The lowest BCUT2D eigenvalue weighted by Gasteiger charge is -2.45. The summed E-state index contributed by atoms with van der Waals surface area (Å²) in [6, 6.07) is 6.11. The van der Waals surface area contributed by atoms with Crippen molar-refractivity contribution in [1.82, 2.24) is 24.8 Å². The highest BCUT2D eigenvalue weighted by atomic mass is 16.5. The molecular formula is C20H27N5O2. The number of ether oxygens (including phenoxy) is 1. The Kier molecular flexibility index (Phi) is 4.97. The summed E-state index contributed by atoms with van der Waals surface area (Å²) in [5.41, 5.74) is 0.593. The number of pyridine rings is 1. The number of likely N-dealkylation sites (tertiary alicyclic amines) is 1. The van der Waals surface area contributed by atoms with Crippen LogP contribution in [0.25, 0.3) is 0 Å². The smallest absolute Gasteiger partial charge is 0.251 e. The molecule has 1 saturated heterocycles. The number of hydrogen-bond acceptors (Lipinski definition) is 5. The van der Waals surface area contributed by atoms with Gasteiger partial charge in [0, 0.05) is 44.3 Å². The van der Waals surface area contributed by atoms with Crippen LogP contribution in [-0.2, 0) is 28.2 Å². The molecule has 7 heteroatoms. The Balaban J connectivity index is 1.48. The number of imidazole rings is 1. The van der Waals surface area contributed by atoms with E-state index in [4.69, 9.17) is 4.74 Å². The fourth-order valence-electron chi connectivity index (χ4n) is 4.05. The first-order chi connectivity index (χ1) is 13.1. The van der Waals surface area contributed by atoms with Crippen LogP contribution in [0.5, 0.6) is 0 Å². The Hall–Kier alpha value is -2.25. The van der Waals surface area contributed by atoms with Crippen molar-refractivity contribution in [3.63, 3.8) is 0 Å². The van der Waals surface area contributed by atoms with Crippen LogP contribution in [0.2, 0.25) is 0 Å². The molecular weight excluding hydrogens is 342 g/mol. The maximum absolute atomic E-state index is 12.6. The van der Waals surface area contributed by atoms with E-state index in [1.54, 1.807) is 0 Å². The summed E-state index contributed by atoms with van der Waals surface area (Å²) in [5.74, 6) is 0.910. The minimum atomic E-state index is -0.485. The molecule has 2 aliphatic rings.